The number of ether oxygens (including phenoxy) is 1. The zero-order chi connectivity index (χ0) is 17.2. The van der Waals surface area contributed by atoms with Crippen LogP contribution in [-0.2, 0) is 9.59 Å². The summed E-state index contributed by atoms with van der Waals surface area (Å²) in [6.45, 7) is 1.18. The molecule has 130 valence electrons. The maximum absolute atomic E-state index is 12.8. The summed E-state index contributed by atoms with van der Waals surface area (Å²) in [7, 11) is 0. The van der Waals surface area contributed by atoms with Gasteiger partial charge in [-0.3, -0.25) is 9.59 Å². The summed E-state index contributed by atoms with van der Waals surface area (Å²) in [5, 5.41) is 0. The van der Waals surface area contributed by atoms with Crippen LogP contribution in [0.3, 0.4) is 0 Å². The molecule has 1 aromatic heterocycles. The minimum atomic E-state index is -0.103. The van der Waals surface area contributed by atoms with E-state index in [1.165, 1.54) is 0 Å². The second-order valence-corrected chi connectivity index (χ2v) is 6.42. The number of fused-ring (bicyclic) bond motifs is 1. The van der Waals surface area contributed by atoms with Gasteiger partial charge < -0.3 is 19.5 Å². The van der Waals surface area contributed by atoms with Crippen LogP contribution in [0.15, 0.2) is 42.6 Å². The van der Waals surface area contributed by atoms with E-state index < -0.39 is 0 Å². The Morgan fingerprint density at radius 3 is 2.96 bits per heavy atom. The molecule has 2 aliphatic rings. The van der Waals surface area contributed by atoms with Crippen molar-refractivity contribution in [1.82, 2.24) is 9.88 Å². The first-order chi connectivity index (χ1) is 12.2. The van der Waals surface area contributed by atoms with E-state index in [1.807, 2.05) is 47.5 Å². The summed E-state index contributed by atoms with van der Waals surface area (Å²) < 4.78 is 5.45. The number of rotatable bonds is 4. The minimum Gasteiger partial charge on any atom is -0.482 e. The largest absolute Gasteiger partial charge is 0.482 e. The number of carbonyl (C=O) groups is 2. The molecule has 1 N–H and O–H groups in total. The molecule has 3 heterocycles. The van der Waals surface area contributed by atoms with Crippen molar-refractivity contribution < 1.29 is 14.3 Å². The summed E-state index contributed by atoms with van der Waals surface area (Å²) in [6, 6.07) is 11.6. The van der Waals surface area contributed by atoms with Gasteiger partial charge in [0.15, 0.2) is 6.61 Å². The van der Waals surface area contributed by atoms with Crippen LogP contribution in [0, 0.1) is 0 Å². The van der Waals surface area contributed by atoms with Gasteiger partial charge in [-0.1, -0.05) is 12.1 Å². The topological polar surface area (TPSA) is 65.6 Å². The fraction of sp³-hybridized carbons (Fsp3) is 0.368. The molecule has 2 aromatic rings. The molecule has 0 unspecified atom stereocenters. The number of H-pyrrole nitrogens is 1. The number of anilines is 1. The van der Waals surface area contributed by atoms with E-state index in [1.54, 1.807) is 4.90 Å². The average Bonchev–Trinajstić information content (AvgIpc) is 3.31. The van der Waals surface area contributed by atoms with E-state index in [0.29, 0.717) is 18.7 Å². The predicted octanol–water partition coefficient (Wildman–Crippen LogP) is 2.49. The van der Waals surface area contributed by atoms with Crippen molar-refractivity contribution in [2.75, 3.05) is 24.6 Å². The highest BCUT2D eigenvalue weighted by atomic mass is 16.5. The van der Waals surface area contributed by atoms with E-state index in [-0.39, 0.29) is 24.5 Å². The van der Waals surface area contributed by atoms with E-state index in [2.05, 4.69) is 4.98 Å². The number of nitrogens with one attached hydrogen (secondary N) is 1. The molecule has 6 nitrogen and oxygen atoms in total. The molecule has 2 aliphatic heterocycles. The van der Waals surface area contributed by atoms with Crippen molar-refractivity contribution in [2.24, 2.45) is 0 Å². The van der Waals surface area contributed by atoms with Gasteiger partial charge in [0.2, 0.25) is 5.91 Å². The highest BCUT2D eigenvalue weighted by Crippen LogP contribution is 2.33. The molecule has 1 aromatic carbocycles. The third-order valence-electron chi connectivity index (χ3n) is 4.91. The van der Waals surface area contributed by atoms with Gasteiger partial charge in [-0.15, -0.1) is 0 Å². The van der Waals surface area contributed by atoms with Gasteiger partial charge in [0.25, 0.3) is 5.91 Å². The Hall–Kier alpha value is -2.76. The van der Waals surface area contributed by atoms with Gasteiger partial charge in [0.1, 0.15) is 5.75 Å². The van der Waals surface area contributed by atoms with E-state index in [0.717, 1.165) is 30.8 Å². The van der Waals surface area contributed by atoms with Crippen molar-refractivity contribution in [2.45, 2.75) is 25.3 Å². The molecule has 25 heavy (non-hydrogen) atoms. The smallest absolute Gasteiger partial charge is 0.265 e. The van der Waals surface area contributed by atoms with Crippen LogP contribution < -0.4 is 9.64 Å². The molecule has 2 amide bonds. The summed E-state index contributed by atoms with van der Waals surface area (Å²) in [5.74, 6) is 0.683. The highest BCUT2D eigenvalue weighted by Gasteiger charge is 2.31. The van der Waals surface area contributed by atoms with Crippen molar-refractivity contribution in [3.8, 4) is 5.75 Å². The summed E-state index contributed by atoms with van der Waals surface area (Å²) in [4.78, 5) is 31.8. The molecule has 0 radical (unpaired) electrons. The van der Waals surface area contributed by atoms with Gasteiger partial charge in [-0.25, -0.2) is 0 Å². The van der Waals surface area contributed by atoms with Crippen LogP contribution in [-0.4, -0.2) is 41.4 Å². The predicted molar refractivity (Wildman–Crippen MR) is 93.4 cm³/mol. The lowest BCUT2D eigenvalue weighted by Gasteiger charge is -2.30. The monoisotopic (exact) mass is 339 g/mol. The fourth-order valence-corrected chi connectivity index (χ4v) is 3.69. The van der Waals surface area contributed by atoms with Gasteiger partial charge >= 0.3 is 0 Å². The Labute approximate surface area is 146 Å². The normalized spacial score (nSPS) is 19.7. The van der Waals surface area contributed by atoms with Crippen LogP contribution in [0.4, 0.5) is 5.69 Å². The molecule has 6 heteroatoms. The molecule has 1 atom stereocenters. The Kier molecular flexibility index (Phi) is 4.17. The zero-order valence-corrected chi connectivity index (χ0v) is 14.0. The molecule has 0 spiro atoms. The fourth-order valence-electron chi connectivity index (χ4n) is 3.69. The Bertz CT molecular complexity index is 772. The number of aromatic nitrogens is 1. The maximum Gasteiger partial charge on any atom is 0.265 e. The Balaban J connectivity index is 1.44. The molecular weight excluding hydrogens is 318 g/mol. The SMILES string of the molecule is O=C1COc2ccccc2N1CCC(=O)N1CCC[C@H]1c1ccc[nH]1. The minimum absolute atomic E-state index is 0.0278. The lowest BCUT2D eigenvalue weighted by Crippen LogP contribution is -2.41. The summed E-state index contributed by atoms with van der Waals surface area (Å²) in [6.07, 6.45) is 4.19. The lowest BCUT2D eigenvalue weighted by atomic mass is 10.1. The van der Waals surface area contributed by atoms with Crippen molar-refractivity contribution >= 4 is 17.5 Å². The lowest BCUT2D eigenvalue weighted by molar-refractivity contribution is -0.132. The second kappa shape index (κ2) is 6.63. The molecule has 4 rings (SSSR count). The summed E-state index contributed by atoms with van der Waals surface area (Å²) in [5.41, 5.74) is 1.83. The quantitative estimate of drug-likeness (QED) is 0.931. The summed E-state index contributed by atoms with van der Waals surface area (Å²) >= 11 is 0. The van der Waals surface area contributed by atoms with E-state index >= 15 is 0 Å². The average molecular weight is 339 g/mol. The molecule has 0 saturated carbocycles. The number of hydrogen-bond donors (Lipinski definition) is 1. The first-order valence-corrected chi connectivity index (χ1v) is 8.69. The Morgan fingerprint density at radius 2 is 2.12 bits per heavy atom. The number of likely N-dealkylation sites (tertiary alicyclic amines) is 1. The molecular formula is C19H21N3O3. The van der Waals surface area contributed by atoms with Crippen LogP contribution >= 0.6 is 0 Å². The number of benzene rings is 1. The first-order valence-electron chi connectivity index (χ1n) is 8.69. The number of carbonyl (C=O) groups excluding carboxylic acids is 2. The van der Waals surface area contributed by atoms with E-state index in [9.17, 15) is 9.59 Å². The number of nitrogens with zero attached hydrogens (tertiary/aromatic N) is 2. The number of para-hydroxylation sites is 2. The molecule has 1 saturated heterocycles. The van der Waals surface area contributed by atoms with Crippen molar-refractivity contribution in [3.63, 3.8) is 0 Å². The second-order valence-electron chi connectivity index (χ2n) is 6.42. The van der Waals surface area contributed by atoms with Gasteiger partial charge in [-0.05, 0) is 37.1 Å². The van der Waals surface area contributed by atoms with Gasteiger partial charge in [0, 0.05) is 31.4 Å². The van der Waals surface area contributed by atoms with Crippen LogP contribution in [0.2, 0.25) is 0 Å². The third-order valence-corrected chi connectivity index (χ3v) is 4.91. The van der Waals surface area contributed by atoms with Gasteiger partial charge in [-0.2, -0.15) is 0 Å². The first kappa shape index (κ1) is 15.7. The van der Waals surface area contributed by atoms with Crippen LogP contribution in [0.5, 0.6) is 5.75 Å². The van der Waals surface area contributed by atoms with E-state index in [4.69, 9.17) is 4.74 Å². The molecule has 1 fully saturated rings. The standard InChI is InChI=1S/C19H21N3O3/c23-18(21-11-4-7-15(21)14-5-3-10-20-14)9-12-22-16-6-1-2-8-17(16)25-13-19(22)24/h1-3,5-6,8,10,15,20H,4,7,9,11-13H2/t15-/m0/s1. The van der Waals surface area contributed by atoms with Gasteiger partial charge in [0.05, 0.1) is 11.7 Å². The number of hydrogen-bond acceptors (Lipinski definition) is 3. The number of aromatic amines is 1. The van der Waals surface area contributed by atoms with Crippen LogP contribution in [0.1, 0.15) is 31.0 Å². The Morgan fingerprint density at radius 1 is 1.24 bits per heavy atom. The molecule has 0 aliphatic carbocycles. The maximum atomic E-state index is 12.8. The molecule has 0 bridgehead atoms. The number of amides is 2. The van der Waals surface area contributed by atoms with Crippen molar-refractivity contribution in [1.29, 1.82) is 0 Å². The zero-order valence-electron chi connectivity index (χ0n) is 14.0. The van der Waals surface area contributed by atoms with Crippen molar-refractivity contribution in [3.05, 3.63) is 48.3 Å². The highest BCUT2D eigenvalue weighted by molar-refractivity contribution is 5.98. The van der Waals surface area contributed by atoms with Crippen LogP contribution in [0.25, 0.3) is 0 Å². The third kappa shape index (κ3) is 2.99.